The molecule has 4 bridgehead atoms. The minimum Gasteiger partial charge on any atom is -0.351 e. The minimum absolute atomic E-state index is 0.275. The number of para-hydroxylation sites is 1. The van der Waals surface area contributed by atoms with E-state index < -0.39 is 23.4 Å². The molecule has 6 aliphatic rings. The topological polar surface area (TPSA) is 67.9 Å². The third-order valence-electron chi connectivity index (χ3n) is 9.97. The predicted molar refractivity (Wildman–Crippen MR) is 142 cm³/mol. The van der Waals surface area contributed by atoms with E-state index in [1.807, 2.05) is 48.6 Å². The largest absolute Gasteiger partial charge is 0.351 e. The predicted octanol–water partition coefficient (Wildman–Crippen LogP) is 6.64. The second kappa shape index (κ2) is 7.80. The lowest BCUT2D eigenvalue weighted by atomic mass is 9.47. The lowest BCUT2D eigenvalue weighted by molar-refractivity contribution is -0.145. The molecule has 1 saturated heterocycles. The van der Waals surface area contributed by atoms with Crippen molar-refractivity contribution in [2.75, 3.05) is 4.90 Å². The molecule has 4 nitrogen and oxygen atoms in total. The second-order valence-corrected chi connectivity index (χ2v) is 12.8. The van der Waals surface area contributed by atoms with Crippen molar-refractivity contribution in [3.63, 3.8) is 0 Å². The number of nitriles is 2. The van der Waals surface area contributed by atoms with Crippen LogP contribution in [-0.4, -0.2) is 17.9 Å². The number of hydrogen-bond acceptors (Lipinski definition) is 4. The fourth-order valence-electron chi connectivity index (χ4n) is 9.00. The number of Topliss-reactive ketones (excluding diaryl/α,β-unsaturated/α-hetero) is 1. The molecule has 0 radical (unpaired) electrons. The van der Waals surface area contributed by atoms with Gasteiger partial charge in [-0.25, -0.2) is 0 Å². The molecule has 0 spiro atoms. The Morgan fingerprint density at radius 3 is 2.14 bits per heavy atom. The van der Waals surface area contributed by atoms with Gasteiger partial charge in [0.05, 0.1) is 24.2 Å². The molecular weight excluding hydrogens is 510 g/mol. The molecule has 0 aromatic heterocycles. The Bertz CT molecular complexity index is 1310. The van der Waals surface area contributed by atoms with Crippen LogP contribution in [0.3, 0.4) is 0 Å². The molecule has 2 heterocycles. The van der Waals surface area contributed by atoms with E-state index in [-0.39, 0.29) is 11.2 Å². The first-order valence-electron chi connectivity index (χ1n) is 13.2. The van der Waals surface area contributed by atoms with Crippen molar-refractivity contribution in [2.45, 2.75) is 56.5 Å². The number of halogens is 1. The molecule has 4 aliphatic carbocycles. The van der Waals surface area contributed by atoms with Gasteiger partial charge in [0.25, 0.3) is 0 Å². The average Bonchev–Trinajstić information content (AvgIpc) is 3.19. The van der Waals surface area contributed by atoms with E-state index in [9.17, 15) is 10.5 Å². The van der Waals surface area contributed by atoms with E-state index in [1.165, 1.54) is 19.3 Å². The number of carbonyl (C=O) groups excluding carboxylic acids is 1. The minimum atomic E-state index is -1.36. The van der Waals surface area contributed by atoms with Crippen LogP contribution in [0.2, 0.25) is 0 Å². The molecule has 2 aliphatic heterocycles. The van der Waals surface area contributed by atoms with Crippen molar-refractivity contribution in [1.82, 2.24) is 0 Å². The number of fused-ring (bicyclic) bond motifs is 3. The van der Waals surface area contributed by atoms with Gasteiger partial charge in [0, 0.05) is 21.5 Å². The molecule has 180 valence electrons. The van der Waals surface area contributed by atoms with E-state index >= 15 is 4.79 Å². The Kier molecular flexibility index (Phi) is 4.84. The molecule has 2 aromatic rings. The molecular formula is C31H28BrN3O. The smallest absolute Gasteiger partial charge is 0.176 e. The van der Waals surface area contributed by atoms with Gasteiger partial charge in [-0.3, -0.25) is 4.79 Å². The van der Waals surface area contributed by atoms with E-state index in [2.05, 4.69) is 45.1 Å². The number of hydrogen-bond donors (Lipinski definition) is 0. The Morgan fingerprint density at radius 1 is 0.917 bits per heavy atom. The average molecular weight is 538 g/mol. The van der Waals surface area contributed by atoms with E-state index in [0.717, 1.165) is 40.5 Å². The van der Waals surface area contributed by atoms with Gasteiger partial charge in [0.15, 0.2) is 11.2 Å². The van der Waals surface area contributed by atoms with Gasteiger partial charge in [-0.15, -0.1) is 0 Å². The van der Waals surface area contributed by atoms with Crippen LogP contribution in [0, 0.1) is 51.2 Å². The van der Waals surface area contributed by atoms with Crippen LogP contribution in [0.5, 0.6) is 0 Å². The third kappa shape index (κ3) is 2.93. The van der Waals surface area contributed by atoms with Crippen LogP contribution in [-0.2, 0) is 4.79 Å². The molecule has 4 saturated carbocycles. The summed E-state index contributed by atoms with van der Waals surface area (Å²) in [4.78, 5) is 17.2. The lowest BCUT2D eigenvalue weighted by Gasteiger charge is -2.57. The maximum atomic E-state index is 15.0. The number of ketones is 1. The van der Waals surface area contributed by atoms with Crippen LogP contribution >= 0.6 is 15.9 Å². The standard InChI is InChI=1S/C31H28BrN3O/c32-24-8-5-23(6-9-24)27-28(29(36)30-14-19-11-20(15-30)13-21(12-19)16-30)35-25-4-2-1-3-22(25)7-10-26(35)31(27,17-33)18-34/h1-10,19-21,26-28H,11-16H2/t19?,20?,21?,26-,27-,28+,30?/m1/s1. The van der Waals surface area contributed by atoms with Gasteiger partial charge in [-0.2, -0.15) is 10.5 Å². The number of anilines is 1. The summed E-state index contributed by atoms with van der Waals surface area (Å²) in [7, 11) is 0. The summed E-state index contributed by atoms with van der Waals surface area (Å²) in [6.45, 7) is 0. The molecule has 36 heavy (non-hydrogen) atoms. The van der Waals surface area contributed by atoms with Crippen molar-refractivity contribution in [1.29, 1.82) is 10.5 Å². The zero-order valence-corrected chi connectivity index (χ0v) is 21.7. The molecule has 8 rings (SSSR count). The Balaban J connectivity index is 1.44. The monoisotopic (exact) mass is 537 g/mol. The maximum Gasteiger partial charge on any atom is 0.176 e. The first-order valence-corrected chi connectivity index (χ1v) is 14.0. The van der Waals surface area contributed by atoms with Crippen LogP contribution in [0.15, 0.2) is 59.1 Å². The van der Waals surface area contributed by atoms with Gasteiger partial charge < -0.3 is 4.90 Å². The first-order chi connectivity index (χ1) is 17.5. The van der Waals surface area contributed by atoms with Crippen molar-refractivity contribution >= 4 is 33.5 Å². The SMILES string of the molecule is N#CC1(C#N)[C@H](c2ccc(Br)cc2)[C@@H](C(=O)C23CC4CC(CC(C4)C2)C3)N2c3ccccc3C=C[C@@H]21. The van der Waals surface area contributed by atoms with Crippen molar-refractivity contribution in [2.24, 2.45) is 28.6 Å². The summed E-state index contributed by atoms with van der Waals surface area (Å²) < 4.78 is 0.940. The van der Waals surface area contributed by atoms with Gasteiger partial charge in [0.1, 0.15) is 0 Å². The fourth-order valence-corrected chi connectivity index (χ4v) is 9.27. The zero-order valence-electron chi connectivity index (χ0n) is 20.1. The van der Waals surface area contributed by atoms with Crippen LogP contribution in [0.25, 0.3) is 6.08 Å². The lowest BCUT2D eigenvalue weighted by Crippen LogP contribution is -2.56. The Labute approximate surface area is 220 Å². The number of rotatable bonds is 3. The van der Waals surface area contributed by atoms with Crippen LogP contribution in [0.4, 0.5) is 5.69 Å². The van der Waals surface area contributed by atoms with E-state index in [4.69, 9.17) is 0 Å². The molecule has 0 amide bonds. The summed E-state index contributed by atoms with van der Waals surface area (Å²) in [5.74, 6) is 1.69. The van der Waals surface area contributed by atoms with Gasteiger partial charge in [0.2, 0.25) is 0 Å². The highest BCUT2D eigenvalue weighted by atomic mass is 79.9. The first kappa shape index (κ1) is 22.3. The van der Waals surface area contributed by atoms with Gasteiger partial charge >= 0.3 is 0 Å². The van der Waals surface area contributed by atoms with Crippen LogP contribution < -0.4 is 4.90 Å². The molecule has 2 aromatic carbocycles. The number of nitrogens with zero attached hydrogens (tertiary/aromatic N) is 3. The summed E-state index contributed by atoms with van der Waals surface area (Å²) in [5.41, 5.74) is 1.21. The van der Waals surface area contributed by atoms with E-state index in [0.29, 0.717) is 17.8 Å². The summed E-state index contributed by atoms with van der Waals surface area (Å²) in [6, 6.07) is 19.9. The van der Waals surface area contributed by atoms with Crippen molar-refractivity contribution < 1.29 is 4.79 Å². The highest BCUT2D eigenvalue weighted by Gasteiger charge is 2.66. The van der Waals surface area contributed by atoms with E-state index in [1.54, 1.807) is 0 Å². The molecule has 5 fully saturated rings. The van der Waals surface area contributed by atoms with Gasteiger partial charge in [-0.1, -0.05) is 58.4 Å². The normalized spacial score (nSPS) is 36.6. The zero-order chi connectivity index (χ0) is 24.7. The third-order valence-corrected chi connectivity index (χ3v) is 10.5. The molecule has 0 unspecified atom stereocenters. The number of carbonyl (C=O) groups is 1. The summed E-state index contributed by atoms with van der Waals surface area (Å²) in [6.07, 6.45) is 10.8. The van der Waals surface area contributed by atoms with Gasteiger partial charge in [-0.05, 0) is 85.6 Å². The summed E-state index contributed by atoms with van der Waals surface area (Å²) in [5, 5.41) is 21.3. The summed E-state index contributed by atoms with van der Waals surface area (Å²) >= 11 is 3.53. The Hall–Kier alpha value is -2.89. The molecule has 0 N–H and O–H groups in total. The molecule has 3 atom stereocenters. The highest BCUT2D eigenvalue weighted by molar-refractivity contribution is 9.10. The highest BCUT2D eigenvalue weighted by Crippen LogP contribution is 2.63. The quantitative estimate of drug-likeness (QED) is 0.440. The number of benzene rings is 2. The second-order valence-electron chi connectivity index (χ2n) is 11.9. The maximum absolute atomic E-state index is 15.0. The fraction of sp³-hybridized carbons (Fsp3) is 0.452. The van der Waals surface area contributed by atoms with Crippen molar-refractivity contribution in [3.8, 4) is 12.1 Å². The Morgan fingerprint density at radius 2 is 1.53 bits per heavy atom. The van der Waals surface area contributed by atoms with Crippen LogP contribution in [0.1, 0.15) is 55.6 Å². The molecule has 5 heteroatoms. The van der Waals surface area contributed by atoms with Crippen molar-refractivity contribution in [3.05, 3.63) is 70.2 Å².